The van der Waals surface area contributed by atoms with E-state index in [1.54, 1.807) is 0 Å². The zero-order chi connectivity index (χ0) is 12.3. The van der Waals surface area contributed by atoms with Gasteiger partial charge in [-0.1, -0.05) is 6.07 Å². The van der Waals surface area contributed by atoms with E-state index in [2.05, 4.69) is 10.2 Å². The van der Waals surface area contributed by atoms with E-state index in [9.17, 15) is 4.79 Å². The van der Waals surface area contributed by atoms with Gasteiger partial charge in [-0.25, -0.2) is 0 Å². The quantitative estimate of drug-likeness (QED) is 0.832. The predicted molar refractivity (Wildman–Crippen MR) is 67.6 cm³/mol. The van der Waals surface area contributed by atoms with Crippen LogP contribution in [0, 0.1) is 0 Å². The summed E-state index contributed by atoms with van der Waals surface area (Å²) in [5, 5.41) is 2.80. The first-order chi connectivity index (χ1) is 8.19. The number of nitrogens with zero attached hydrogens (tertiary/aromatic N) is 1. The van der Waals surface area contributed by atoms with E-state index < -0.39 is 0 Å². The number of carbonyl (C=O) groups is 1. The van der Waals surface area contributed by atoms with E-state index in [1.807, 2.05) is 25.2 Å². The number of hydrogen-bond acceptors (Lipinski definition) is 3. The molecule has 0 bridgehead atoms. The van der Waals surface area contributed by atoms with Gasteiger partial charge in [-0.2, -0.15) is 0 Å². The largest absolute Gasteiger partial charge is 0.482 e. The summed E-state index contributed by atoms with van der Waals surface area (Å²) >= 11 is 5.68. The SMILES string of the molecule is CN(CCCl)Cc1ccc2c(c1)NC(=O)CO2. The molecular weight excluding hydrogens is 240 g/mol. The van der Waals surface area contributed by atoms with Crippen molar-refractivity contribution in [2.45, 2.75) is 6.54 Å². The van der Waals surface area contributed by atoms with Crippen LogP contribution in [0.3, 0.4) is 0 Å². The number of fused-ring (bicyclic) bond motifs is 1. The van der Waals surface area contributed by atoms with E-state index in [1.165, 1.54) is 0 Å². The molecule has 0 saturated carbocycles. The molecule has 1 aromatic carbocycles. The van der Waals surface area contributed by atoms with Crippen molar-refractivity contribution in [3.63, 3.8) is 0 Å². The van der Waals surface area contributed by atoms with Crippen molar-refractivity contribution in [1.82, 2.24) is 4.90 Å². The van der Waals surface area contributed by atoms with Crippen LogP contribution in [0.15, 0.2) is 18.2 Å². The Bertz CT molecular complexity index is 423. The summed E-state index contributed by atoms with van der Waals surface area (Å²) in [6.07, 6.45) is 0. The van der Waals surface area contributed by atoms with Crippen LogP contribution in [0.5, 0.6) is 5.75 Å². The van der Waals surface area contributed by atoms with Gasteiger partial charge in [0.05, 0.1) is 5.69 Å². The monoisotopic (exact) mass is 254 g/mol. The Morgan fingerprint density at radius 1 is 1.53 bits per heavy atom. The number of nitrogens with one attached hydrogen (secondary N) is 1. The van der Waals surface area contributed by atoms with Gasteiger partial charge in [0.2, 0.25) is 0 Å². The summed E-state index contributed by atoms with van der Waals surface area (Å²) in [5.74, 6) is 1.23. The van der Waals surface area contributed by atoms with Gasteiger partial charge in [0, 0.05) is 19.0 Å². The van der Waals surface area contributed by atoms with Crippen molar-refractivity contribution >= 4 is 23.2 Å². The lowest BCUT2D eigenvalue weighted by Gasteiger charge is -2.20. The minimum Gasteiger partial charge on any atom is -0.482 e. The minimum absolute atomic E-state index is 0.0957. The van der Waals surface area contributed by atoms with E-state index in [-0.39, 0.29) is 12.5 Å². The lowest BCUT2D eigenvalue weighted by Crippen LogP contribution is -2.26. The van der Waals surface area contributed by atoms with Crippen molar-refractivity contribution in [3.8, 4) is 5.75 Å². The van der Waals surface area contributed by atoms with Crippen LogP contribution in [0.25, 0.3) is 0 Å². The molecule has 1 aliphatic rings. The molecule has 5 heteroatoms. The fourth-order valence-electron chi connectivity index (χ4n) is 1.76. The summed E-state index contributed by atoms with van der Waals surface area (Å²) in [5.41, 5.74) is 1.88. The highest BCUT2D eigenvalue weighted by Crippen LogP contribution is 2.28. The number of benzene rings is 1. The number of amides is 1. The first kappa shape index (κ1) is 12.2. The maximum absolute atomic E-state index is 11.2. The minimum atomic E-state index is -0.108. The maximum atomic E-state index is 11.2. The molecule has 0 aliphatic carbocycles. The third kappa shape index (κ3) is 3.11. The van der Waals surface area contributed by atoms with Crippen molar-refractivity contribution < 1.29 is 9.53 Å². The maximum Gasteiger partial charge on any atom is 0.262 e. The summed E-state index contributed by atoms with van der Waals surface area (Å²) in [6, 6.07) is 5.83. The van der Waals surface area contributed by atoms with Gasteiger partial charge in [-0.15, -0.1) is 11.6 Å². The molecule has 0 fully saturated rings. The average Bonchev–Trinajstić information content (AvgIpc) is 2.28. The molecule has 1 aliphatic heterocycles. The van der Waals surface area contributed by atoms with Crippen LogP contribution in [0.2, 0.25) is 0 Å². The van der Waals surface area contributed by atoms with Crippen molar-refractivity contribution in [3.05, 3.63) is 23.8 Å². The smallest absolute Gasteiger partial charge is 0.262 e. The standard InChI is InChI=1S/C12H15ClN2O2/c1-15(5-4-13)7-9-2-3-11-10(6-9)14-12(16)8-17-11/h2-3,6H,4-5,7-8H2,1H3,(H,14,16). The molecule has 2 rings (SSSR count). The summed E-state index contributed by atoms with van der Waals surface area (Å²) in [4.78, 5) is 13.3. The molecule has 17 heavy (non-hydrogen) atoms. The highest BCUT2D eigenvalue weighted by atomic mass is 35.5. The number of ether oxygens (including phenoxy) is 1. The second kappa shape index (κ2) is 5.38. The summed E-state index contributed by atoms with van der Waals surface area (Å²) in [6.45, 7) is 1.73. The molecule has 1 heterocycles. The molecule has 0 aromatic heterocycles. The second-order valence-corrected chi connectivity index (χ2v) is 4.47. The Labute approximate surface area is 106 Å². The van der Waals surface area contributed by atoms with Gasteiger partial charge in [0.15, 0.2) is 6.61 Å². The number of anilines is 1. The van der Waals surface area contributed by atoms with Crippen LogP contribution in [0.1, 0.15) is 5.56 Å². The van der Waals surface area contributed by atoms with Gasteiger partial charge in [-0.3, -0.25) is 4.79 Å². The first-order valence-electron chi connectivity index (χ1n) is 5.49. The molecule has 1 N–H and O–H groups in total. The molecule has 4 nitrogen and oxygen atoms in total. The summed E-state index contributed by atoms with van der Waals surface area (Å²) < 4.78 is 5.30. The van der Waals surface area contributed by atoms with Gasteiger partial charge in [0.1, 0.15) is 5.75 Å². The van der Waals surface area contributed by atoms with Crippen molar-refractivity contribution in [2.75, 3.05) is 31.4 Å². The molecular formula is C12H15ClN2O2. The van der Waals surface area contributed by atoms with Crippen LogP contribution in [-0.4, -0.2) is 36.9 Å². The lowest BCUT2D eigenvalue weighted by molar-refractivity contribution is -0.118. The van der Waals surface area contributed by atoms with Crippen LogP contribution >= 0.6 is 11.6 Å². The Morgan fingerprint density at radius 2 is 2.35 bits per heavy atom. The van der Waals surface area contributed by atoms with E-state index in [0.717, 1.165) is 30.1 Å². The first-order valence-corrected chi connectivity index (χ1v) is 6.02. The zero-order valence-corrected chi connectivity index (χ0v) is 10.5. The second-order valence-electron chi connectivity index (χ2n) is 4.09. The van der Waals surface area contributed by atoms with Crippen LogP contribution < -0.4 is 10.1 Å². The average molecular weight is 255 g/mol. The fraction of sp³-hybridized carbons (Fsp3) is 0.417. The predicted octanol–water partition coefficient (Wildman–Crippen LogP) is 1.69. The normalized spacial score (nSPS) is 14.2. The third-order valence-electron chi connectivity index (χ3n) is 2.60. The van der Waals surface area contributed by atoms with E-state index in [4.69, 9.17) is 16.3 Å². The lowest BCUT2D eigenvalue weighted by atomic mass is 10.1. The molecule has 0 unspecified atom stereocenters. The van der Waals surface area contributed by atoms with E-state index in [0.29, 0.717) is 5.88 Å². The Kier molecular flexibility index (Phi) is 3.86. The van der Waals surface area contributed by atoms with Crippen LogP contribution in [0.4, 0.5) is 5.69 Å². The van der Waals surface area contributed by atoms with Crippen molar-refractivity contribution in [1.29, 1.82) is 0 Å². The van der Waals surface area contributed by atoms with Gasteiger partial charge < -0.3 is 15.0 Å². The fourth-order valence-corrected chi connectivity index (χ4v) is 2.05. The number of alkyl halides is 1. The van der Waals surface area contributed by atoms with Crippen molar-refractivity contribution in [2.24, 2.45) is 0 Å². The Hall–Kier alpha value is -1.26. The molecule has 0 atom stereocenters. The Balaban J connectivity index is 2.10. The number of halogens is 1. The molecule has 1 amide bonds. The molecule has 0 saturated heterocycles. The number of hydrogen-bond donors (Lipinski definition) is 1. The summed E-state index contributed by atoms with van der Waals surface area (Å²) in [7, 11) is 2.01. The van der Waals surface area contributed by atoms with Gasteiger partial charge in [-0.05, 0) is 24.7 Å². The highest BCUT2D eigenvalue weighted by molar-refractivity contribution is 6.18. The molecule has 0 spiro atoms. The third-order valence-corrected chi connectivity index (χ3v) is 2.76. The molecule has 92 valence electrons. The van der Waals surface area contributed by atoms with Gasteiger partial charge in [0.25, 0.3) is 5.91 Å². The molecule has 1 aromatic rings. The topological polar surface area (TPSA) is 41.6 Å². The number of rotatable bonds is 4. The van der Waals surface area contributed by atoms with Crippen LogP contribution in [-0.2, 0) is 11.3 Å². The van der Waals surface area contributed by atoms with Gasteiger partial charge >= 0.3 is 0 Å². The number of carbonyl (C=O) groups excluding carboxylic acids is 1. The zero-order valence-electron chi connectivity index (χ0n) is 9.70. The highest BCUT2D eigenvalue weighted by Gasteiger charge is 2.15. The Morgan fingerprint density at radius 3 is 3.12 bits per heavy atom. The molecule has 0 radical (unpaired) electrons. The van der Waals surface area contributed by atoms with E-state index >= 15 is 0 Å².